The summed E-state index contributed by atoms with van der Waals surface area (Å²) in [7, 11) is 0. The van der Waals surface area contributed by atoms with E-state index in [2.05, 4.69) is 15.7 Å². The molecule has 0 bridgehead atoms. The predicted octanol–water partition coefficient (Wildman–Crippen LogP) is 2.34. The van der Waals surface area contributed by atoms with E-state index in [1.165, 1.54) is 6.07 Å². The first-order chi connectivity index (χ1) is 10.6. The predicted molar refractivity (Wildman–Crippen MR) is 77.7 cm³/mol. The monoisotopic (exact) mass is 306 g/mol. The van der Waals surface area contributed by atoms with Crippen LogP contribution in [-0.4, -0.2) is 28.8 Å². The van der Waals surface area contributed by atoms with Crippen molar-refractivity contribution in [2.75, 3.05) is 18.4 Å². The highest BCUT2D eigenvalue weighted by atomic mass is 19.1. The number of piperidine rings is 1. The van der Waals surface area contributed by atoms with Crippen LogP contribution in [0.3, 0.4) is 0 Å². The van der Waals surface area contributed by atoms with Crippen LogP contribution in [0.15, 0.2) is 30.5 Å². The van der Waals surface area contributed by atoms with Gasteiger partial charge in [-0.15, -0.1) is 0 Å². The second-order valence-corrected chi connectivity index (χ2v) is 5.26. The van der Waals surface area contributed by atoms with Gasteiger partial charge >= 0.3 is 0 Å². The minimum Gasteiger partial charge on any atom is -0.318 e. The number of benzene rings is 1. The van der Waals surface area contributed by atoms with Crippen LogP contribution < -0.4 is 10.6 Å². The Morgan fingerprint density at radius 1 is 1.36 bits per heavy atom. The molecule has 0 radical (unpaired) electrons. The van der Waals surface area contributed by atoms with Gasteiger partial charge in [0, 0.05) is 18.8 Å². The van der Waals surface area contributed by atoms with E-state index < -0.39 is 17.5 Å². The Labute approximate surface area is 126 Å². The molecule has 2 aromatic rings. The van der Waals surface area contributed by atoms with Crippen LogP contribution in [0.5, 0.6) is 0 Å². The molecule has 1 fully saturated rings. The van der Waals surface area contributed by atoms with E-state index in [0.717, 1.165) is 38.1 Å². The first-order valence-electron chi connectivity index (χ1n) is 7.16. The molecule has 1 aliphatic rings. The van der Waals surface area contributed by atoms with Gasteiger partial charge in [0.1, 0.15) is 11.6 Å². The maximum atomic E-state index is 13.5. The van der Waals surface area contributed by atoms with Crippen molar-refractivity contribution in [1.29, 1.82) is 0 Å². The summed E-state index contributed by atoms with van der Waals surface area (Å²) in [6, 6.07) is 4.81. The normalized spacial score (nSPS) is 18.2. The van der Waals surface area contributed by atoms with Crippen LogP contribution in [0.1, 0.15) is 29.4 Å². The highest BCUT2D eigenvalue weighted by Gasteiger charge is 2.18. The zero-order chi connectivity index (χ0) is 15.5. The lowest BCUT2D eigenvalue weighted by molar-refractivity contribution is 0.102. The highest BCUT2D eigenvalue weighted by molar-refractivity contribution is 6.02. The highest BCUT2D eigenvalue weighted by Crippen LogP contribution is 2.18. The maximum absolute atomic E-state index is 13.5. The largest absolute Gasteiger partial charge is 0.318 e. The first kappa shape index (κ1) is 14.6. The van der Waals surface area contributed by atoms with Crippen LogP contribution in [0.25, 0.3) is 0 Å². The molecular weight excluding hydrogens is 290 g/mol. The standard InChI is InChI=1S/C15H16F2N4O/c16-10-3-4-13(12(17)8-10)19-15(22)14-5-7-21(20-14)11-2-1-6-18-9-11/h3-5,7-8,11,18H,1-2,6,9H2,(H,19,22). The molecule has 1 aromatic carbocycles. The number of amides is 1. The second-order valence-electron chi connectivity index (χ2n) is 5.26. The molecule has 2 N–H and O–H groups in total. The molecular formula is C15H16F2N4O. The molecule has 1 atom stereocenters. The summed E-state index contributed by atoms with van der Waals surface area (Å²) in [6.45, 7) is 1.81. The van der Waals surface area contributed by atoms with Crippen molar-refractivity contribution in [3.8, 4) is 0 Å². The summed E-state index contributed by atoms with van der Waals surface area (Å²) >= 11 is 0. The zero-order valence-corrected chi connectivity index (χ0v) is 11.9. The molecule has 0 saturated carbocycles. The number of aromatic nitrogens is 2. The van der Waals surface area contributed by atoms with E-state index >= 15 is 0 Å². The van der Waals surface area contributed by atoms with E-state index in [1.54, 1.807) is 16.9 Å². The lowest BCUT2D eigenvalue weighted by Gasteiger charge is -2.22. The van der Waals surface area contributed by atoms with Crippen LogP contribution in [0, 0.1) is 11.6 Å². The number of carbonyl (C=O) groups excluding carboxylic acids is 1. The number of carbonyl (C=O) groups is 1. The van der Waals surface area contributed by atoms with E-state index in [9.17, 15) is 13.6 Å². The van der Waals surface area contributed by atoms with Gasteiger partial charge in [-0.3, -0.25) is 9.48 Å². The van der Waals surface area contributed by atoms with Crippen LogP contribution in [0.2, 0.25) is 0 Å². The number of halogens is 2. The van der Waals surface area contributed by atoms with Gasteiger partial charge in [0.25, 0.3) is 5.91 Å². The van der Waals surface area contributed by atoms with Crippen LogP contribution in [-0.2, 0) is 0 Å². The minimum absolute atomic E-state index is 0.0692. The number of rotatable bonds is 3. The molecule has 1 aliphatic heterocycles. The van der Waals surface area contributed by atoms with Gasteiger partial charge in [0.05, 0.1) is 11.7 Å². The quantitative estimate of drug-likeness (QED) is 0.915. The third-order valence-corrected chi connectivity index (χ3v) is 3.67. The van der Waals surface area contributed by atoms with Gasteiger partial charge < -0.3 is 10.6 Å². The number of hydrogen-bond donors (Lipinski definition) is 2. The van der Waals surface area contributed by atoms with Crippen molar-refractivity contribution in [1.82, 2.24) is 15.1 Å². The summed E-state index contributed by atoms with van der Waals surface area (Å²) in [4.78, 5) is 12.1. The van der Waals surface area contributed by atoms with Gasteiger partial charge in [-0.1, -0.05) is 0 Å². The lowest BCUT2D eigenvalue weighted by atomic mass is 10.1. The number of nitrogens with zero attached hydrogens (tertiary/aromatic N) is 2. The first-order valence-corrected chi connectivity index (χ1v) is 7.16. The third kappa shape index (κ3) is 3.14. The van der Waals surface area contributed by atoms with Gasteiger partial charge in [-0.25, -0.2) is 8.78 Å². The molecule has 116 valence electrons. The molecule has 0 aliphatic carbocycles. The zero-order valence-electron chi connectivity index (χ0n) is 11.9. The van der Waals surface area contributed by atoms with Crippen LogP contribution in [0.4, 0.5) is 14.5 Å². The van der Waals surface area contributed by atoms with Gasteiger partial charge in [-0.2, -0.15) is 5.10 Å². The number of nitrogens with one attached hydrogen (secondary N) is 2. The Balaban J connectivity index is 1.71. The fraction of sp³-hybridized carbons (Fsp3) is 0.333. The Morgan fingerprint density at radius 3 is 2.95 bits per heavy atom. The molecule has 1 amide bonds. The summed E-state index contributed by atoms with van der Waals surface area (Å²) in [6.07, 6.45) is 3.81. The third-order valence-electron chi connectivity index (χ3n) is 3.67. The fourth-order valence-corrected chi connectivity index (χ4v) is 2.50. The molecule has 5 nitrogen and oxygen atoms in total. The molecule has 1 unspecified atom stereocenters. The van der Waals surface area contributed by atoms with Crippen molar-refractivity contribution >= 4 is 11.6 Å². The minimum atomic E-state index is -0.815. The Kier molecular flexibility index (Phi) is 4.15. The lowest BCUT2D eigenvalue weighted by Crippen LogP contribution is -2.32. The van der Waals surface area contributed by atoms with E-state index in [4.69, 9.17) is 0 Å². The average molecular weight is 306 g/mol. The smallest absolute Gasteiger partial charge is 0.276 e. The van der Waals surface area contributed by atoms with E-state index in [-0.39, 0.29) is 17.4 Å². The van der Waals surface area contributed by atoms with Crippen molar-refractivity contribution in [2.45, 2.75) is 18.9 Å². The topological polar surface area (TPSA) is 59.0 Å². The Hall–Kier alpha value is -2.28. The number of hydrogen-bond acceptors (Lipinski definition) is 3. The summed E-state index contributed by atoms with van der Waals surface area (Å²) in [5.74, 6) is -2.03. The molecule has 2 heterocycles. The Bertz CT molecular complexity index is 680. The molecule has 22 heavy (non-hydrogen) atoms. The SMILES string of the molecule is O=C(Nc1ccc(F)cc1F)c1ccn(C2CCCNC2)n1. The summed E-state index contributed by atoms with van der Waals surface area (Å²) < 4.78 is 28.1. The second kappa shape index (κ2) is 6.23. The Morgan fingerprint density at radius 2 is 2.23 bits per heavy atom. The van der Waals surface area contributed by atoms with Crippen molar-refractivity contribution in [3.63, 3.8) is 0 Å². The summed E-state index contributed by atoms with van der Waals surface area (Å²) in [5, 5.41) is 9.92. The van der Waals surface area contributed by atoms with Crippen molar-refractivity contribution < 1.29 is 13.6 Å². The fourth-order valence-electron chi connectivity index (χ4n) is 2.50. The van der Waals surface area contributed by atoms with Gasteiger partial charge in [-0.05, 0) is 37.6 Å². The van der Waals surface area contributed by atoms with Crippen molar-refractivity contribution in [2.24, 2.45) is 0 Å². The maximum Gasteiger partial charge on any atom is 0.276 e. The molecule has 3 rings (SSSR count). The molecule has 0 spiro atoms. The molecule has 7 heteroatoms. The average Bonchev–Trinajstić information content (AvgIpc) is 3.01. The van der Waals surface area contributed by atoms with E-state index in [1.807, 2.05) is 0 Å². The number of anilines is 1. The molecule has 1 saturated heterocycles. The van der Waals surface area contributed by atoms with Crippen molar-refractivity contribution in [3.05, 3.63) is 47.8 Å². The van der Waals surface area contributed by atoms with Crippen LogP contribution >= 0.6 is 0 Å². The molecule has 1 aromatic heterocycles. The van der Waals surface area contributed by atoms with E-state index in [0.29, 0.717) is 0 Å². The van der Waals surface area contributed by atoms with Gasteiger partial charge in [0.2, 0.25) is 0 Å². The van der Waals surface area contributed by atoms with Gasteiger partial charge in [0.15, 0.2) is 5.69 Å². The summed E-state index contributed by atoms with van der Waals surface area (Å²) in [5.41, 5.74) is 0.134.